The van der Waals surface area contributed by atoms with Gasteiger partial charge in [-0.25, -0.2) is 0 Å². The van der Waals surface area contributed by atoms with Gasteiger partial charge in [0.25, 0.3) is 0 Å². The predicted octanol–water partition coefficient (Wildman–Crippen LogP) is 4.17. The summed E-state index contributed by atoms with van der Waals surface area (Å²) in [6.45, 7) is 0.318. The Balaban J connectivity index is 2.11. The van der Waals surface area contributed by atoms with Crippen molar-refractivity contribution in [1.82, 2.24) is 0 Å². The predicted molar refractivity (Wildman–Crippen MR) is 105 cm³/mol. The van der Waals surface area contributed by atoms with Crippen molar-refractivity contribution in [3.63, 3.8) is 0 Å². The van der Waals surface area contributed by atoms with Crippen LogP contribution < -0.4 is 4.74 Å². The Kier molecular flexibility index (Phi) is 8.13. The van der Waals surface area contributed by atoms with E-state index in [4.69, 9.17) is 33.0 Å². The molecule has 0 aliphatic carbocycles. The number of aliphatic carboxylic acids is 1. The summed E-state index contributed by atoms with van der Waals surface area (Å²) in [4.78, 5) is 10.6. The normalized spacial score (nSPS) is 13.5. The molecule has 0 spiro atoms. The molecule has 0 saturated carbocycles. The molecule has 2 atom stereocenters. The van der Waals surface area contributed by atoms with Gasteiger partial charge in [0.15, 0.2) is 0 Å². The minimum absolute atomic E-state index is 0.103. The minimum atomic E-state index is -1.14. The van der Waals surface area contributed by atoms with Crippen molar-refractivity contribution >= 4 is 35.2 Å². The highest BCUT2D eigenvalue weighted by atomic mass is 35.5. The Morgan fingerprint density at radius 1 is 1.15 bits per heavy atom. The van der Waals surface area contributed by atoms with Gasteiger partial charge >= 0.3 is 5.97 Å². The summed E-state index contributed by atoms with van der Waals surface area (Å²) in [7, 11) is 0. The number of ether oxygens (including phenoxy) is 1. The smallest absolute Gasteiger partial charge is 0.305 e. The van der Waals surface area contributed by atoms with Crippen molar-refractivity contribution in [2.24, 2.45) is 0 Å². The van der Waals surface area contributed by atoms with E-state index >= 15 is 0 Å². The number of benzene rings is 2. The van der Waals surface area contributed by atoms with E-state index in [1.54, 1.807) is 18.2 Å². The summed E-state index contributed by atoms with van der Waals surface area (Å²) in [5.41, 5.74) is 1.50. The lowest BCUT2D eigenvalue weighted by Gasteiger charge is -2.13. The number of halogens is 2. The van der Waals surface area contributed by atoms with Gasteiger partial charge in [-0.15, -0.1) is 0 Å². The minimum Gasteiger partial charge on any atom is -0.488 e. The molecule has 27 heavy (non-hydrogen) atoms. The second-order valence-corrected chi connectivity index (χ2v) is 6.83. The lowest BCUT2D eigenvalue weighted by atomic mass is 10.1. The van der Waals surface area contributed by atoms with Crippen LogP contribution in [0.3, 0.4) is 0 Å². The number of aliphatic hydroxyl groups excluding tert-OH is 2. The molecule has 0 saturated heterocycles. The van der Waals surface area contributed by atoms with E-state index in [0.29, 0.717) is 28.0 Å². The van der Waals surface area contributed by atoms with Crippen LogP contribution in [0.2, 0.25) is 10.0 Å². The number of hydrogen-bond acceptors (Lipinski definition) is 4. The number of carboxylic acid groups (broad SMARTS) is 1. The monoisotopic (exact) mass is 410 g/mol. The molecule has 7 heteroatoms. The molecule has 0 aromatic heterocycles. The second-order valence-electron chi connectivity index (χ2n) is 5.99. The molecule has 0 bridgehead atoms. The Bertz CT molecular complexity index is 792. The van der Waals surface area contributed by atoms with Gasteiger partial charge in [0.1, 0.15) is 12.4 Å². The van der Waals surface area contributed by atoms with E-state index < -0.39 is 24.6 Å². The topological polar surface area (TPSA) is 87.0 Å². The van der Waals surface area contributed by atoms with Crippen molar-refractivity contribution in [2.75, 3.05) is 0 Å². The van der Waals surface area contributed by atoms with Crippen molar-refractivity contribution in [1.29, 1.82) is 0 Å². The zero-order chi connectivity index (χ0) is 19.8. The van der Waals surface area contributed by atoms with Gasteiger partial charge in [0, 0.05) is 17.0 Å². The van der Waals surface area contributed by atoms with E-state index in [-0.39, 0.29) is 6.42 Å². The first-order chi connectivity index (χ1) is 12.8. The molecule has 0 heterocycles. The van der Waals surface area contributed by atoms with Crippen LogP contribution in [-0.4, -0.2) is 33.5 Å². The zero-order valence-electron chi connectivity index (χ0n) is 14.4. The number of aliphatic hydroxyl groups is 2. The Labute approximate surface area is 167 Å². The van der Waals surface area contributed by atoms with Crippen molar-refractivity contribution < 1.29 is 24.9 Å². The first kappa shape index (κ1) is 21.3. The van der Waals surface area contributed by atoms with Crippen molar-refractivity contribution in [3.05, 3.63) is 69.7 Å². The first-order valence-corrected chi connectivity index (χ1v) is 9.02. The number of carboxylic acids is 1. The van der Waals surface area contributed by atoms with Crippen molar-refractivity contribution in [3.8, 4) is 5.75 Å². The summed E-state index contributed by atoms with van der Waals surface area (Å²) in [5, 5.41) is 29.0. The van der Waals surface area contributed by atoms with Crippen molar-refractivity contribution in [2.45, 2.75) is 31.7 Å². The van der Waals surface area contributed by atoms with Crippen LogP contribution in [0.5, 0.6) is 5.75 Å². The first-order valence-electron chi connectivity index (χ1n) is 8.27. The maximum absolute atomic E-state index is 10.6. The molecule has 0 radical (unpaired) electrons. The van der Waals surface area contributed by atoms with Gasteiger partial charge in [-0.05, 0) is 17.7 Å². The average Bonchev–Trinajstić information content (AvgIpc) is 2.59. The SMILES string of the molecule is O=C(O)C[C@H](O)C[C@@H](O)/C=C/c1c(Cl)cc(Cl)cc1OCc1ccccc1. The van der Waals surface area contributed by atoms with Gasteiger partial charge in [0.2, 0.25) is 0 Å². The maximum Gasteiger partial charge on any atom is 0.305 e. The molecular weight excluding hydrogens is 391 g/mol. The quantitative estimate of drug-likeness (QED) is 0.577. The molecule has 144 valence electrons. The molecule has 2 aromatic rings. The van der Waals surface area contributed by atoms with E-state index in [1.165, 1.54) is 6.08 Å². The van der Waals surface area contributed by atoms with Gasteiger partial charge < -0.3 is 20.1 Å². The molecule has 2 aromatic carbocycles. The van der Waals surface area contributed by atoms with Crippen LogP contribution in [0.25, 0.3) is 6.08 Å². The third kappa shape index (κ3) is 7.23. The van der Waals surface area contributed by atoms with Crippen LogP contribution in [0, 0.1) is 0 Å². The summed E-state index contributed by atoms with van der Waals surface area (Å²) >= 11 is 12.3. The van der Waals surface area contributed by atoms with Crippen LogP contribution >= 0.6 is 23.2 Å². The highest BCUT2D eigenvalue weighted by Gasteiger charge is 2.14. The molecule has 2 rings (SSSR count). The number of rotatable bonds is 9. The lowest BCUT2D eigenvalue weighted by Crippen LogP contribution is -2.19. The van der Waals surface area contributed by atoms with Crippen LogP contribution in [0.1, 0.15) is 24.0 Å². The zero-order valence-corrected chi connectivity index (χ0v) is 15.9. The fourth-order valence-corrected chi connectivity index (χ4v) is 2.96. The third-order valence-electron chi connectivity index (χ3n) is 3.70. The Morgan fingerprint density at radius 3 is 2.52 bits per heavy atom. The van der Waals surface area contributed by atoms with Gasteiger partial charge in [-0.1, -0.05) is 65.7 Å². The summed E-state index contributed by atoms with van der Waals surface area (Å²) in [6.07, 6.45) is 0.281. The molecule has 0 unspecified atom stereocenters. The molecular formula is C20H20Cl2O5. The van der Waals surface area contributed by atoms with Gasteiger partial charge in [-0.3, -0.25) is 4.79 Å². The molecule has 0 aliphatic heterocycles. The highest BCUT2D eigenvalue weighted by Crippen LogP contribution is 2.33. The van der Waals surface area contributed by atoms with E-state index in [0.717, 1.165) is 5.56 Å². The number of carbonyl (C=O) groups is 1. The molecule has 0 amide bonds. The molecule has 0 fully saturated rings. The summed E-state index contributed by atoms with van der Waals surface area (Å²) in [6, 6.07) is 12.8. The largest absolute Gasteiger partial charge is 0.488 e. The van der Waals surface area contributed by atoms with Crippen LogP contribution in [0.4, 0.5) is 0 Å². The molecule has 0 aliphatic rings. The van der Waals surface area contributed by atoms with Gasteiger partial charge in [-0.2, -0.15) is 0 Å². The van der Waals surface area contributed by atoms with Crippen LogP contribution in [-0.2, 0) is 11.4 Å². The second kappa shape index (κ2) is 10.3. The lowest BCUT2D eigenvalue weighted by molar-refractivity contribution is -0.139. The standard InChI is InChI=1S/C20H20Cl2O5/c21-14-8-18(22)17(7-6-15(23)10-16(24)11-20(25)26)19(9-14)27-12-13-4-2-1-3-5-13/h1-9,15-16,23-24H,10-12H2,(H,25,26)/b7-6+/t15-,16+/m0/s1. The summed E-state index contributed by atoms with van der Waals surface area (Å²) < 4.78 is 5.82. The molecule has 5 nitrogen and oxygen atoms in total. The maximum atomic E-state index is 10.6. The Hall–Kier alpha value is -2.05. The number of hydrogen-bond donors (Lipinski definition) is 3. The fraction of sp³-hybridized carbons (Fsp3) is 0.250. The van der Waals surface area contributed by atoms with Gasteiger partial charge in [0.05, 0.1) is 23.7 Å². The fourth-order valence-electron chi connectivity index (χ4n) is 2.43. The third-order valence-corrected chi connectivity index (χ3v) is 4.23. The van der Waals surface area contributed by atoms with E-state index in [1.807, 2.05) is 30.3 Å². The van der Waals surface area contributed by atoms with Crippen LogP contribution in [0.15, 0.2) is 48.5 Å². The molecule has 3 N–H and O–H groups in total. The summed E-state index contributed by atoms with van der Waals surface area (Å²) in [5.74, 6) is -0.679. The highest BCUT2D eigenvalue weighted by molar-refractivity contribution is 6.35. The van der Waals surface area contributed by atoms with E-state index in [9.17, 15) is 15.0 Å². The Morgan fingerprint density at radius 2 is 1.85 bits per heavy atom. The van der Waals surface area contributed by atoms with E-state index in [2.05, 4.69) is 0 Å². The average molecular weight is 411 g/mol.